The molecule has 1 aliphatic carbocycles. The largest absolute Gasteiger partial charge is 0.396 e. The van der Waals surface area contributed by atoms with E-state index >= 15 is 0 Å². The first-order valence-corrected chi connectivity index (χ1v) is 4.33. The van der Waals surface area contributed by atoms with Crippen LogP contribution in [0.2, 0.25) is 0 Å². The van der Waals surface area contributed by atoms with Gasteiger partial charge in [0.15, 0.2) is 0 Å². The number of aliphatic hydroxyl groups excluding tert-OH is 1. The lowest BCUT2D eigenvalue weighted by atomic mass is 9.85. The standard InChI is InChI=1S/C9H19NO/c1-7(2)8(3)4-9(8,5-10)6-11/h7,11H,4-6,10H2,1-3H3. The van der Waals surface area contributed by atoms with Crippen LogP contribution in [0.4, 0.5) is 0 Å². The molecule has 66 valence electrons. The highest BCUT2D eigenvalue weighted by Gasteiger charge is 2.63. The van der Waals surface area contributed by atoms with E-state index in [0.717, 1.165) is 6.42 Å². The molecule has 2 heteroatoms. The Morgan fingerprint density at radius 2 is 2.09 bits per heavy atom. The summed E-state index contributed by atoms with van der Waals surface area (Å²) in [6, 6.07) is 0. The Balaban J connectivity index is 2.68. The zero-order valence-electron chi connectivity index (χ0n) is 7.72. The second kappa shape index (κ2) is 2.46. The van der Waals surface area contributed by atoms with E-state index < -0.39 is 0 Å². The Morgan fingerprint density at radius 3 is 2.18 bits per heavy atom. The number of nitrogens with two attached hydrogens (primary N) is 1. The van der Waals surface area contributed by atoms with Gasteiger partial charge < -0.3 is 10.8 Å². The summed E-state index contributed by atoms with van der Waals surface area (Å²) in [6.07, 6.45) is 1.09. The van der Waals surface area contributed by atoms with Gasteiger partial charge >= 0.3 is 0 Å². The molecule has 0 aromatic heterocycles. The van der Waals surface area contributed by atoms with Gasteiger partial charge in [0.1, 0.15) is 0 Å². The van der Waals surface area contributed by atoms with Gasteiger partial charge in [0.2, 0.25) is 0 Å². The zero-order chi connectivity index (χ0) is 8.70. The highest BCUT2D eigenvalue weighted by Crippen LogP contribution is 2.66. The predicted molar refractivity (Wildman–Crippen MR) is 46.1 cm³/mol. The van der Waals surface area contributed by atoms with Crippen molar-refractivity contribution in [2.24, 2.45) is 22.5 Å². The Labute approximate surface area is 68.8 Å². The van der Waals surface area contributed by atoms with Crippen molar-refractivity contribution in [2.75, 3.05) is 13.2 Å². The average molecular weight is 157 g/mol. The van der Waals surface area contributed by atoms with Crippen LogP contribution in [-0.2, 0) is 0 Å². The maximum Gasteiger partial charge on any atom is 0.0505 e. The molecule has 2 unspecified atom stereocenters. The van der Waals surface area contributed by atoms with Crippen molar-refractivity contribution in [3.05, 3.63) is 0 Å². The van der Waals surface area contributed by atoms with E-state index in [1.807, 2.05) is 0 Å². The molecule has 3 N–H and O–H groups in total. The molecule has 1 fully saturated rings. The second-order valence-corrected chi connectivity index (χ2v) is 4.39. The van der Waals surface area contributed by atoms with E-state index in [1.54, 1.807) is 0 Å². The molecule has 2 atom stereocenters. The van der Waals surface area contributed by atoms with Crippen LogP contribution in [0.1, 0.15) is 27.2 Å². The monoisotopic (exact) mass is 157 g/mol. The Bertz CT molecular complexity index is 150. The smallest absolute Gasteiger partial charge is 0.0505 e. The number of hydrogen-bond donors (Lipinski definition) is 2. The van der Waals surface area contributed by atoms with Crippen LogP contribution in [0.3, 0.4) is 0 Å². The highest BCUT2D eigenvalue weighted by molar-refractivity contribution is 5.13. The van der Waals surface area contributed by atoms with Crippen LogP contribution in [0, 0.1) is 16.7 Å². The Hall–Kier alpha value is -0.0800. The van der Waals surface area contributed by atoms with E-state index in [-0.39, 0.29) is 17.4 Å². The van der Waals surface area contributed by atoms with E-state index in [4.69, 9.17) is 10.8 Å². The molecule has 1 rings (SSSR count). The Morgan fingerprint density at radius 1 is 1.55 bits per heavy atom. The van der Waals surface area contributed by atoms with E-state index in [1.165, 1.54) is 0 Å². The quantitative estimate of drug-likeness (QED) is 0.641. The lowest BCUT2D eigenvalue weighted by molar-refractivity contribution is 0.160. The summed E-state index contributed by atoms with van der Waals surface area (Å²) in [5.41, 5.74) is 5.96. The van der Waals surface area contributed by atoms with Crippen LogP contribution in [0.25, 0.3) is 0 Å². The van der Waals surface area contributed by atoms with Crippen LogP contribution in [0.5, 0.6) is 0 Å². The van der Waals surface area contributed by atoms with Gasteiger partial charge in [0.05, 0.1) is 6.61 Å². The summed E-state index contributed by atoms with van der Waals surface area (Å²) in [5.74, 6) is 0.623. The number of rotatable bonds is 3. The molecule has 1 saturated carbocycles. The van der Waals surface area contributed by atoms with Crippen molar-refractivity contribution in [1.29, 1.82) is 0 Å². The van der Waals surface area contributed by atoms with E-state index in [9.17, 15) is 0 Å². The van der Waals surface area contributed by atoms with Gasteiger partial charge in [-0.05, 0) is 17.8 Å². The third kappa shape index (κ3) is 1.00. The van der Waals surface area contributed by atoms with Crippen LogP contribution in [0.15, 0.2) is 0 Å². The molecule has 0 aliphatic heterocycles. The molecular formula is C9H19NO. The summed E-state index contributed by atoms with van der Waals surface area (Å²) in [5, 5.41) is 9.16. The minimum atomic E-state index is 0.0428. The molecular weight excluding hydrogens is 138 g/mol. The van der Waals surface area contributed by atoms with Crippen LogP contribution < -0.4 is 5.73 Å². The fourth-order valence-corrected chi connectivity index (χ4v) is 2.08. The topological polar surface area (TPSA) is 46.2 Å². The first-order valence-electron chi connectivity index (χ1n) is 4.33. The molecule has 2 nitrogen and oxygen atoms in total. The molecule has 0 aromatic carbocycles. The maximum absolute atomic E-state index is 9.16. The lowest BCUT2D eigenvalue weighted by Crippen LogP contribution is -2.28. The normalized spacial score (nSPS) is 43.1. The first kappa shape index (κ1) is 9.01. The molecule has 0 heterocycles. The molecule has 1 aliphatic rings. The van der Waals surface area contributed by atoms with Crippen molar-refractivity contribution in [2.45, 2.75) is 27.2 Å². The van der Waals surface area contributed by atoms with E-state index in [0.29, 0.717) is 12.5 Å². The molecule has 0 radical (unpaired) electrons. The van der Waals surface area contributed by atoms with Crippen LogP contribution >= 0.6 is 0 Å². The molecule has 0 bridgehead atoms. The minimum absolute atomic E-state index is 0.0428. The van der Waals surface area contributed by atoms with Crippen LogP contribution in [-0.4, -0.2) is 18.3 Å². The fraction of sp³-hybridized carbons (Fsp3) is 1.00. The van der Waals surface area contributed by atoms with Gasteiger partial charge in [-0.2, -0.15) is 0 Å². The highest BCUT2D eigenvalue weighted by atomic mass is 16.3. The molecule has 0 saturated heterocycles. The van der Waals surface area contributed by atoms with Gasteiger partial charge in [0.25, 0.3) is 0 Å². The van der Waals surface area contributed by atoms with Gasteiger partial charge in [-0.15, -0.1) is 0 Å². The summed E-state index contributed by atoms with van der Waals surface area (Å²) in [7, 11) is 0. The molecule has 11 heavy (non-hydrogen) atoms. The molecule has 0 spiro atoms. The maximum atomic E-state index is 9.16. The van der Waals surface area contributed by atoms with Crippen molar-refractivity contribution in [3.8, 4) is 0 Å². The summed E-state index contributed by atoms with van der Waals surface area (Å²) in [6.45, 7) is 7.50. The SMILES string of the molecule is CC(C)C1(C)CC1(CN)CO. The number of hydrogen-bond acceptors (Lipinski definition) is 2. The Kier molecular flexibility index (Phi) is 2.01. The number of aliphatic hydroxyl groups is 1. The van der Waals surface area contributed by atoms with Crippen molar-refractivity contribution in [1.82, 2.24) is 0 Å². The van der Waals surface area contributed by atoms with Crippen molar-refractivity contribution >= 4 is 0 Å². The zero-order valence-corrected chi connectivity index (χ0v) is 7.72. The summed E-state index contributed by atoms with van der Waals surface area (Å²) < 4.78 is 0. The van der Waals surface area contributed by atoms with Gasteiger partial charge in [-0.3, -0.25) is 0 Å². The third-order valence-electron chi connectivity index (χ3n) is 3.76. The average Bonchev–Trinajstić information content (AvgIpc) is 2.59. The molecule has 0 aromatic rings. The molecule has 0 amide bonds. The predicted octanol–water partition coefficient (Wildman–Crippen LogP) is 0.990. The van der Waals surface area contributed by atoms with Crippen molar-refractivity contribution in [3.63, 3.8) is 0 Å². The lowest BCUT2D eigenvalue weighted by Gasteiger charge is -2.22. The van der Waals surface area contributed by atoms with E-state index in [2.05, 4.69) is 20.8 Å². The van der Waals surface area contributed by atoms with Gasteiger partial charge in [-0.1, -0.05) is 20.8 Å². The summed E-state index contributed by atoms with van der Waals surface area (Å²) in [4.78, 5) is 0. The summed E-state index contributed by atoms with van der Waals surface area (Å²) >= 11 is 0. The second-order valence-electron chi connectivity index (χ2n) is 4.39. The first-order chi connectivity index (χ1) is 5.02. The third-order valence-corrected chi connectivity index (χ3v) is 3.76. The fourth-order valence-electron chi connectivity index (χ4n) is 2.08. The van der Waals surface area contributed by atoms with Crippen molar-refractivity contribution < 1.29 is 5.11 Å². The van der Waals surface area contributed by atoms with Gasteiger partial charge in [0, 0.05) is 12.0 Å². The van der Waals surface area contributed by atoms with Gasteiger partial charge in [-0.25, -0.2) is 0 Å². The minimum Gasteiger partial charge on any atom is -0.396 e.